The van der Waals surface area contributed by atoms with Crippen molar-refractivity contribution >= 4 is 5.91 Å². The van der Waals surface area contributed by atoms with Gasteiger partial charge in [-0.2, -0.15) is 13.2 Å². The maximum absolute atomic E-state index is 13.0. The molecule has 2 atom stereocenters. The maximum Gasteiger partial charge on any atom is 0.416 e. The number of aliphatic hydroxyl groups is 2. The summed E-state index contributed by atoms with van der Waals surface area (Å²) in [6, 6.07) is 3.02. The van der Waals surface area contributed by atoms with Crippen LogP contribution in [0.3, 0.4) is 0 Å². The van der Waals surface area contributed by atoms with Crippen molar-refractivity contribution in [2.45, 2.75) is 25.3 Å². The maximum atomic E-state index is 13.0. The Hall–Kier alpha value is -1.80. The van der Waals surface area contributed by atoms with Gasteiger partial charge in [0.25, 0.3) is 0 Å². The van der Waals surface area contributed by atoms with Crippen LogP contribution >= 0.6 is 0 Å². The normalized spacial score (nSPS) is 14.4. The van der Waals surface area contributed by atoms with E-state index in [1.807, 2.05) is 0 Å². The number of carbonyl (C=O) groups is 1. The molecular weight excluding hydrogens is 291 g/mol. The predicted octanol–water partition coefficient (Wildman–Crippen LogP) is 1.24. The number of nitrogens with one attached hydrogen (secondary N) is 1. The van der Waals surface area contributed by atoms with Crippen molar-refractivity contribution in [1.29, 1.82) is 0 Å². The molecule has 1 amide bonds. The molecule has 0 bridgehead atoms. The standard InChI is InChI=1S/C13H16F3NO4/c1-7(18)17-6-11(19)12(20)9-4-3-8(21-2)5-10(9)13(14,15)16/h3-5,11-12,19-20H,6H2,1-2H3,(H,17,18). The summed E-state index contributed by atoms with van der Waals surface area (Å²) in [4.78, 5) is 10.7. The van der Waals surface area contributed by atoms with Crippen LogP contribution in [0.25, 0.3) is 0 Å². The van der Waals surface area contributed by atoms with Gasteiger partial charge in [-0.1, -0.05) is 6.07 Å². The average Bonchev–Trinajstić information content (AvgIpc) is 2.42. The zero-order valence-corrected chi connectivity index (χ0v) is 11.4. The van der Waals surface area contributed by atoms with Gasteiger partial charge < -0.3 is 20.3 Å². The molecule has 0 aliphatic rings. The van der Waals surface area contributed by atoms with Crippen LogP contribution in [-0.2, 0) is 11.0 Å². The number of methoxy groups -OCH3 is 1. The lowest BCUT2D eigenvalue weighted by Gasteiger charge is -2.22. The first-order chi connectivity index (χ1) is 9.66. The summed E-state index contributed by atoms with van der Waals surface area (Å²) < 4.78 is 43.7. The van der Waals surface area contributed by atoms with Gasteiger partial charge in [-0.25, -0.2) is 0 Å². The number of ether oxygens (including phenoxy) is 1. The van der Waals surface area contributed by atoms with Gasteiger partial charge in [-0.05, 0) is 17.7 Å². The smallest absolute Gasteiger partial charge is 0.416 e. The Balaban J connectivity index is 3.08. The lowest BCUT2D eigenvalue weighted by Crippen LogP contribution is -2.34. The van der Waals surface area contributed by atoms with E-state index in [1.165, 1.54) is 20.1 Å². The summed E-state index contributed by atoms with van der Waals surface area (Å²) in [6.07, 6.45) is -8.07. The topological polar surface area (TPSA) is 78.8 Å². The minimum atomic E-state index is -4.71. The first-order valence-electron chi connectivity index (χ1n) is 6.02. The van der Waals surface area contributed by atoms with Gasteiger partial charge >= 0.3 is 6.18 Å². The molecule has 1 aromatic rings. The summed E-state index contributed by atoms with van der Waals surface area (Å²) in [5.41, 5.74) is -1.59. The molecule has 0 fully saturated rings. The quantitative estimate of drug-likeness (QED) is 0.765. The predicted molar refractivity (Wildman–Crippen MR) is 67.6 cm³/mol. The molecule has 0 aliphatic heterocycles. The van der Waals surface area contributed by atoms with Crippen LogP contribution in [-0.4, -0.2) is 35.9 Å². The summed E-state index contributed by atoms with van der Waals surface area (Å²) in [5.74, 6) is -0.485. The van der Waals surface area contributed by atoms with Gasteiger partial charge in [0.2, 0.25) is 5.91 Å². The van der Waals surface area contributed by atoms with Crippen molar-refractivity contribution in [2.75, 3.05) is 13.7 Å². The minimum Gasteiger partial charge on any atom is -0.497 e. The van der Waals surface area contributed by atoms with Crippen LogP contribution in [0.5, 0.6) is 5.75 Å². The van der Waals surface area contributed by atoms with Crippen LogP contribution in [0.4, 0.5) is 13.2 Å². The third-order valence-electron chi connectivity index (χ3n) is 2.81. The number of benzene rings is 1. The number of rotatable bonds is 5. The Bertz CT molecular complexity index is 505. The van der Waals surface area contributed by atoms with E-state index in [2.05, 4.69) is 5.32 Å². The van der Waals surface area contributed by atoms with Crippen molar-refractivity contribution in [1.82, 2.24) is 5.32 Å². The summed E-state index contributed by atoms with van der Waals surface area (Å²) in [7, 11) is 1.22. The molecule has 0 saturated heterocycles. The summed E-state index contributed by atoms with van der Waals surface area (Å²) in [5, 5.41) is 21.8. The second kappa shape index (κ2) is 6.77. The van der Waals surface area contributed by atoms with Crippen LogP contribution in [0, 0.1) is 0 Å². The third kappa shape index (κ3) is 4.61. The number of hydrogen-bond acceptors (Lipinski definition) is 4. The van der Waals surface area contributed by atoms with Gasteiger partial charge in [0.1, 0.15) is 18.0 Å². The van der Waals surface area contributed by atoms with Gasteiger partial charge in [0, 0.05) is 13.5 Å². The number of hydrogen-bond donors (Lipinski definition) is 3. The fourth-order valence-electron chi connectivity index (χ4n) is 1.73. The molecule has 5 nitrogen and oxygen atoms in total. The zero-order valence-electron chi connectivity index (χ0n) is 11.4. The van der Waals surface area contributed by atoms with Crippen molar-refractivity contribution < 1.29 is 32.9 Å². The molecule has 2 unspecified atom stereocenters. The fourth-order valence-corrected chi connectivity index (χ4v) is 1.73. The molecule has 21 heavy (non-hydrogen) atoms. The van der Waals surface area contributed by atoms with E-state index in [0.717, 1.165) is 12.1 Å². The van der Waals surface area contributed by atoms with E-state index < -0.39 is 35.4 Å². The van der Waals surface area contributed by atoms with Gasteiger partial charge in [-0.15, -0.1) is 0 Å². The molecule has 0 radical (unpaired) electrons. The van der Waals surface area contributed by atoms with E-state index in [-0.39, 0.29) is 12.3 Å². The second-order valence-electron chi connectivity index (χ2n) is 4.40. The van der Waals surface area contributed by atoms with Gasteiger partial charge in [0.15, 0.2) is 0 Å². The Morgan fingerprint density at radius 1 is 1.38 bits per heavy atom. The van der Waals surface area contributed by atoms with Crippen molar-refractivity contribution in [2.24, 2.45) is 0 Å². The highest BCUT2D eigenvalue weighted by atomic mass is 19.4. The van der Waals surface area contributed by atoms with Crippen molar-refractivity contribution in [3.05, 3.63) is 29.3 Å². The van der Waals surface area contributed by atoms with Crippen LogP contribution in [0.1, 0.15) is 24.2 Å². The number of halogens is 3. The molecule has 0 aliphatic carbocycles. The van der Waals surface area contributed by atoms with E-state index in [9.17, 15) is 28.2 Å². The monoisotopic (exact) mass is 307 g/mol. The second-order valence-corrected chi connectivity index (χ2v) is 4.40. The Morgan fingerprint density at radius 2 is 2.00 bits per heavy atom. The molecule has 1 rings (SSSR count). The molecule has 0 spiro atoms. The SMILES string of the molecule is COc1ccc(C(O)C(O)CNC(C)=O)c(C(F)(F)F)c1. The van der Waals surface area contributed by atoms with Crippen LogP contribution in [0.15, 0.2) is 18.2 Å². The van der Waals surface area contributed by atoms with Crippen molar-refractivity contribution in [3.63, 3.8) is 0 Å². The highest BCUT2D eigenvalue weighted by Gasteiger charge is 2.37. The molecule has 1 aromatic carbocycles. The number of aliphatic hydroxyl groups excluding tert-OH is 2. The van der Waals surface area contributed by atoms with Crippen LogP contribution < -0.4 is 10.1 Å². The molecule has 8 heteroatoms. The minimum absolute atomic E-state index is 0.0189. The molecule has 118 valence electrons. The first-order valence-corrected chi connectivity index (χ1v) is 6.02. The van der Waals surface area contributed by atoms with E-state index >= 15 is 0 Å². The Labute approximate surface area is 119 Å². The fraction of sp³-hybridized carbons (Fsp3) is 0.462. The molecular formula is C13H16F3NO4. The highest BCUT2D eigenvalue weighted by molar-refractivity contribution is 5.72. The lowest BCUT2D eigenvalue weighted by molar-refractivity contribution is -0.140. The molecule has 0 aromatic heterocycles. The van der Waals surface area contributed by atoms with Gasteiger partial charge in [0.05, 0.1) is 12.7 Å². The Morgan fingerprint density at radius 3 is 2.48 bits per heavy atom. The summed E-state index contributed by atoms with van der Waals surface area (Å²) in [6.45, 7) is 0.827. The van der Waals surface area contributed by atoms with Crippen LogP contribution in [0.2, 0.25) is 0 Å². The third-order valence-corrected chi connectivity index (χ3v) is 2.81. The first kappa shape index (κ1) is 17.3. The van der Waals surface area contributed by atoms with E-state index in [0.29, 0.717) is 0 Å². The van der Waals surface area contributed by atoms with Crippen molar-refractivity contribution in [3.8, 4) is 5.75 Å². The zero-order chi connectivity index (χ0) is 16.2. The number of amides is 1. The number of alkyl halides is 3. The summed E-state index contributed by atoms with van der Waals surface area (Å²) >= 11 is 0. The van der Waals surface area contributed by atoms with Gasteiger partial charge in [-0.3, -0.25) is 4.79 Å². The molecule has 3 N–H and O–H groups in total. The largest absolute Gasteiger partial charge is 0.497 e. The molecule has 0 heterocycles. The Kier molecular flexibility index (Phi) is 5.56. The average molecular weight is 307 g/mol. The van der Waals surface area contributed by atoms with E-state index in [1.54, 1.807) is 0 Å². The number of carbonyl (C=O) groups excluding carboxylic acids is 1. The van der Waals surface area contributed by atoms with E-state index in [4.69, 9.17) is 4.74 Å². The highest BCUT2D eigenvalue weighted by Crippen LogP contribution is 2.37. The lowest BCUT2D eigenvalue weighted by atomic mass is 9.97. The molecule has 0 saturated carbocycles.